The number of para-hydroxylation sites is 1. The average molecular weight is 273 g/mol. The number of benzene rings is 1. The summed E-state index contributed by atoms with van der Waals surface area (Å²) in [6.07, 6.45) is 1.76. The molecule has 0 bridgehead atoms. The van der Waals surface area contributed by atoms with Crippen LogP contribution in [0.5, 0.6) is 5.75 Å². The molecule has 0 amide bonds. The Morgan fingerprint density at radius 2 is 2.00 bits per heavy atom. The Bertz CT molecular complexity index is 533. The molecule has 0 atom stereocenters. The molecule has 0 fully saturated rings. The lowest BCUT2D eigenvalue weighted by Crippen LogP contribution is -2.13. The molecule has 0 aliphatic heterocycles. The fourth-order valence-electron chi connectivity index (χ4n) is 1.84. The molecule has 0 aliphatic carbocycles. The normalized spacial score (nSPS) is 10.4. The van der Waals surface area contributed by atoms with E-state index in [9.17, 15) is 0 Å². The number of ether oxygens (including phenoxy) is 1. The molecule has 100 valence electrons. The van der Waals surface area contributed by atoms with Crippen molar-refractivity contribution in [3.63, 3.8) is 0 Å². The molecule has 1 N–H and O–H groups in total. The molecule has 0 radical (unpaired) electrons. The molecule has 0 spiro atoms. The third-order valence-corrected chi connectivity index (χ3v) is 3.83. The number of thiophene rings is 1. The Balaban J connectivity index is 1.92. The minimum atomic E-state index is 0.542. The van der Waals surface area contributed by atoms with E-state index < -0.39 is 0 Å². The van der Waals surface area contributed by atoms with Gasteiger partial charge in [-0.15, -0.1) is 0 Å². The zero-order chi connectivity index (χ0) is 13.5. The van der Waals surface area contributed by atoms with Crippen molar-refractivity contribution < 1.29 is 4.74 Å². The van der Waals surface area contributed by atoms with E-state index in [1.54, 1.807) is 17.4 Å². The highest BCUT2D eigenvalue weighted by molar-refractivity contribution is 7.08. The first-order valence-electron chi connectivity index (χ1n) is 6.35. The van der Waals surface area contributed by atoms with Gasteiger partial charge in [0.25, 0.3) is 0 Å². The molecule has 0 aliphatic rings. The molecule has 0 unspecified atom stereocenters. The highest BCUT2D eigenvalue weighted by Crippen LogP contribution is 2.18. The van der Waals surface area contributed by atoms with Crippen LogP contribution in [0, 0.1) is 6.92 Å². The highest BCUT2D eigenvalue weighted by Gasteiger charge is 2.03. The maximum absolute atomic E-state index is 5.64. The maximum Gasteiger partial charge on any atom is 0.124 e. The summed E-state index contributed by atoms with van der Waals surface area (Å²) in [5.74, 6) is 0.928. The van der Waals surface area contributed by atoms with Crippen molar-refractivity contribution in [1.82, 2.24) is 5.32 Å². The predicted octanol–water partition coefficient (Wildman–Crippen LogP) is 3.91. The molecule has 1 heterocycles. The fourth-order valence-corrected chi connectivity index (χ4v) is 2.70. The van der Waals surface area contributed by atoms with Crippen LogP contribution in [-0.4, -0.2) is 6.61 Å². The number of rotatable bonds is 7. The van der Waals surface area contributed by atoms with Crippen LogP contribution in [0.25, 0.3) is 0 Å². The van der Waals surface area contributed by atoms with Crippen LogP contribution >= 0.6 is 11.3 Å². The summed E-state index contributed by atoms with van der Waals surface area (Å²) in [5.41, 5.74) is 3.90. The van der Waals surface area contributed by atoms with Gasteiger partial charge in [-0.3, -0.25) is 0 Å². The Morgan fingerprint density at radius 3 is 2.74 bits per heavy atom. The number of nitrogens with one attached hydrogen (secondary N) is 1. The van der Waals surface area contributed by atoms with Gasteiger partial charge in [0.1, 0.15) is 12.4 Å². The molecule has 0 saturated heterocycles. The summed E-state index contributed by atoms with van der Waals surface area (Å²) in [6.45, 7) is 8.06. The lowest BCUT2D eigenvalue weighted by molar-refractivity contribution is 0.358. The van der Waals surface area contributed by atoms with Gasteiger partial charge in [-0.25, -0.2) is 0 Å². The van der Waals surface area contributed by atoms with Crippen LogP contribution in [-0.2, 0) is 13.1 Å². The summed E-state index contributed by atoms with van der Waals surface area (Å²) < 4.78 is 5.64. The summed E-state index contributed by atoms with van der Waals surface area (Å²) in [5, 5.41) is 7.84. The van der Waals surface area contributed by atoms with Crippen LogP contribution in [0.15, 0.2) is 47.7 Å². The van der Waals surface area contributed by atoms with E-state index in [-0.39, 0.29) is 0 Å². The van der Waals surface area contributed by atoms with Crippen LogP contribution < -0.4 is 10.1 Å². The van der Waals surface area contributed by atoms with Gasteiger partial charge in [-0.05, 0) is 34.9 Å². The van der Waals surface area contributed by atoms with Crippen LogP contribution in [0.3, 0.4) is 0 Å². The SMILES string of the molecule is C=CCOc1ccccc1CNCc1cscc1C. The minimum Gasteiger partial charge on any atom is -0.489 e. The van der Waals surface area contributed by atoms with E-state index >= 15 is 0 Å². The van der Waals surface area contributed by atoms with Crippen LogP contribution in [0.4, 0.5) is 0 Å². The van der Waals surface area contributed by atoms with Crippen molar-refractivity contribution in [3.8, 4) is 5.75 Å². The second-order valence-electron chi connectivity index (χ2n) is 4.39. The third-order valence-electron chi connectivity index (χ3n) is 2.92. The summed E-state index contributed by atoms with van der Waals surface area (Å²) in [4.78, 5) is 0. The minimum absolute atomic E-state index is 0.542. The number of hydrogen-bond acceptors (Lipinski definition) is 3. The lowest BCUT2D eigenvalue weighted by atomic mass is 10.2. The molecule has 1 aromatic heterocycles. The van der Waals surface area contributed by atoms with Gasteiger partial charge in [0.05, 0.1) is 0 Å². The summed E-state index contributed by atoms with van der Waals surface area (Å²) in [7, 11) is 0. The lowest BCUT2D eigenvalue weighted by Gasteiger charge is -2.11. The predicted molar refractivity (Wildman–Crippen MR) is 81.7 cm³/mol. The zero-order valence-corrected chi connectivity index (χ0v) is 12.0. The quantitative estimate of drug-likeness (QED) is 0.772. The van der Waals surface area contributed by atoms with E-state index in [0.717, 1.165) is 18.8 Å². The van der Waals surface area contributed by atoms with Gasteiger partial charge < -0.3 is 10.1 Å². The monoisotopic (exact) mass is 273 g/mol. The molecule has 19 heavy (non-hydrogen) atoms. The number of aryl methyl sites for hydroxylation is 1. The topological polar surface area (TPSA) is 21.3 Å². The van der Waals surface area contributed by atoms with Gasteiger partial charge in [0, 0.05) is 18.7 Å². The maximum atomic E-state index is 5.64. The Morgan fingerprint density at radius 1 is 1.21 bits per heavy atom. The summed E-state index contributed by atoms with van der Waals surface area (Å²) >= 11 is 1.75. The van der Waals surface area contributed by atoms with E-state index in [2.05, 4.69) is 35.6 Å². The third kappa shape index (κ3) is 3.94. The van der Waals surface area contributed by atoms with Crippen molar-refractivity contribution in [2.45, 2.75) is 20.0 Å². The highest BCUT2D eigenvalue weighted by atomic mass is 32.1. The van der Waals surface area contributed by atoms with Crippen molar-refractivity contribution in [2.75, 3.05) is 6.61 Å². The van der Waals surface area contributed by atoms with Crippen LogP contribution in [0.1, 0.15) is 16.7 Å². The van der Waals surface area contributed by atoms with E-state index in [0.29, 0.717) is 6.61 Å². The largest absolute Gasteiger partial charge is 0.489 e. The molecule has 3 heteroatoms. The van der Waals surface area contributed by atoms with Crippen molar-refractivity contribution in [1.29, 1.82) is 0 Å². The van der Waals surface area contributed by atoms with Gasteiger partial charge >= 0.3 is 0 Å². The second-order valence-corrected chi connectivity index (χ2v) is 5.13. The van der Waals surface area contributed by atoms with E-state index in [1.807, 2.05) is 18.2 Å². The summed E-state index contributed by atoms with van der Waals surface area (Å²) in [6, 6.07) is 8.11. The van der Waals surface area contributed by atoms with E-state index in [1.165, 1.54) is 16.7 Å². The Kier molecular flexibility index (Phi) is 5.19. The first-order valence-corrected chi connectivity index (χ1v) is 7.29. The fraction of sp³-hybridized carbons (Fsp3) is 0.250. The van der Waals surface area contributed by atoms with Crippen molar-refractivity contribution >= 4 is 11.3 Å². The smallest absolute Gasteiger partial charge is 0.124 e. The molecular formula is C16H19NOS. The van der Waals surface area contributed by atoms with Crippen molar-refractivity contribution in [3.05, 3.63) is 64.4 Å². The molecule has 2 rings (SSSR count). The van der Waals surface area contributed by atoms with Gasteiger partial charge in [-0.1, -0.05) is 30.9 Å². The van der Waals surface area contributed by atoms with Crippen molar-refractivity contribution in [2.24, 2.45) is 0 Å². The average Bonchev–Trinajstić information content (AvgIpc) is 2.83. The molecule has 1 aromatic carbocycles. The first-order chi connectivity index (χ1) is 9.31. The molecule has 2 nitrogen and oxygen atoms in total. The van der Waals surface area contributed by atoms with Gasteiger partial charge in [0.2, 0.25) is 0 Å². The first kappa shape index (κ1) is 13.8. The Labute approximate surface area is 118 Å². The number of hydrogen-bond donors (Lipinski definition) is 1. The molecule has 0 saturated carbocycles. The zero-order valence-electron chi connectivity index (χ0n) is 11.2. The van der Waals surface area contributed by atoms with Crippen LogP contribution in [0.2, 0.25) is 0 Å². The van der Waals surface area contributed by atoms with Gasteiger partial charge in [-0.2, -0.15) is 11.3 Å². The Hall–Kier alpha value is -1.58. The standard InChI is InChI=1S/C16H19NOS/c1-3-8-18-16-7-5-4-6-14(16)9-17-10-15-12-19-11-13(15)2/h3-7,11-12,17H,1,8-10H2,2H3. The molecular weight excluding hydrogens is 254 g/mol. The van der Waals surface area contributed by atoms with Gasteiger partial charge in [0.15, 0.2) is 0 Å². The second kappa shape index (κ2) is 7.12. The van der Waals surface area contributed by atoms with E-state index in [4.69, 9.17) is 4.74 Å². The molecule has 2 aromatic rings.